The van der Waals surface area contributed by atoms with E-state index in [1.807, 2.05) is 6.08 Å². The van der Waals surface area contributed by atoms with E-state index < -0.39 is 155 Å². The van der Waals surface area contributed by atoms with Crippen LogP contribution in [-0.2, 0) is 42.8 Å². The van der Waals surface area contributed by atoms with Crippen molar-refractivity contribution in [3.05, 3.63) is 24.3 Å². The molecule has 526 valence electrons. The summed E-state index contributed by atoms with van der Waals surface area (Å²) in [5.74, 6) is -6.15. The van der Waals surface area contributed by atoms with E-state index in [0.717, 1.165) is 64.7 Å². The van der Waals surface area contributed by atoms with Crippen LogP contribution < -0.4 is 10.6 Å². The van der Waals surface area contributed by atoms with Crippen molar-refractivity contribution < 1.29 is 104 Å². The summed E-state index contributed by atoms with van der Waals surface area (Å²) < 4.78 is 34.8. The number of carboxylic acids is 1. The minimum Gasteiger partial charge on any atom is -0.477 e. The van der Waals surface area contributed by atoms with Gasteiger partial charge in [0.2, 0.25) is 11.8 Å². The average molecular weight is 1290 g/mol. The molecule has 2 amide bonds. The number of amides is 2. The third kappa shape index (κ3) is 30.3. The van der Waals surface area contributed by atoms with Crippen LogP contribution in [-0.4, -0.2) is 215 Å². The summed E-state index contributed by atoms with van der Waals surface area (Å²) in [5, 5.41) is 136. The molecule has 0 saturated carbocycles. The fraction of sp³-hybridized carbons (Fsp3) is 0.896. The van der Waals surface area contributed by atoms with Crippen LogP contribution in [0.1, 0.15) is 245 Å². The Morgan fingerprint density at radius 2 is 1.04 bits per heavy atom. The number of unbranched alkanes of at least 4 members (excludes halogenated alkanes) is 30. The highest BCUT2D eigenvalue weighted by atomic mass is 16.8. The Hall–Kier alpha value is -2.79. The molecule has 0 spiro atoms. The van der Waals surface area contributed by atoms with Crippen molar-refractivity contribution in [2.24, 2.45) is 0 Å². The predicted octanol–water partition coefficient (Wildman–Crippen LogP) is 6.06. The van der Waals surface area contributed by atoms with Gasteiger partial charge in [-0.2, -0.15) is 0 Å². The van der Waals surface area contributed by atoms with Gasteiger partial charge in [0.15, 0.2) is 12.6 Å². The second-order valence-corrected chi connectivity index (χ2v) is 25.4. The lowest BCUT2D eigenvalue weighted by Gasteiger charge is -2.50. The first kappa shape index (κ1) is 81.4. The Labute approximate surface area is 536 Å². The van der Waals surface area contributed by atoms with E-state index in [-0.39, 0.29) is 12.3 Å². The Morgan fingerprint density at radius 3 is 1.53 bits per heavy atom. The molecule has 0 aromatic heterocycles. The number of aliphatic hydroxyl groups is 11. The predicted molar refractivity (Wildman–Crippen MR) is 338 cm³/mol. The van der Waals surface area contributed by atoms with E-state index in [4.69, 9.17) is 28.4 Å². The fourth-order valence-electron chi connectivity index (χ4n) is 12.1. The molecule has 3 rings (SSSR count). The van der Waals surface area contributed by atoms with E-state index in [9.17, 15) is 75.7 Å². The summed E-state index contributed by atoms with van der Waals surface area (Å²) >= 11 is 0. The quantitative estimate of drug-likeness (QED) is 0.0243. The van der Waals surface area contributed by atoms with Crippen LogP contribution in [0.5, 0.6) is 0 Å². The van der Waals surface area contributed by atoms with Gasteiger partial charge in [-0.25, -0.2) is 4.79 Å². The first-order valence-corrected chi connectivity index (χ1v) is 34.7. The molecule has 23 nitrogen and oxygen atoms in total. The standard InChI is InChI=1S/C67H122N2O21/c1-4-6-8-10-12-14-16-18-19-20-21-22-23-24-25-26-27-28-29-30-32-34-36-38-40-49(74)48(69-54(77)41-39-37-35-33-31-17-15-13-11-9-7-5-2)46-85-64-59(81)58(80)61(53(45-72)87-64)88-65-60(82)63(57(79)52(44-71)86-65)90-67(66(83)84)42-50(75)55(68-47(3)73)62(89-67)56(78)51(76)43-70/h13,15,38,40,48-53,55-65,70-72,74-76,78-82H,4-12,14,16-37,39,41-46H2,1-3H3,(H,68,73)(H,69,77)(H,83,84)/b15-13-,40-38+. The molecule has 3 saturated heterocycles. The Balaban J connectivity index is 1.58. The number of nitrogens with one attached hydrogen (secondary N) is 2. The maximum absolute atomic E-state index is 13.4. The van der Waals surface area contributed by atoms with Crippen LogP contribution >= 0.6 is 0 Å². The van der Waals surface area contributed by atoms with E-state index in [2.05, 4.69) is 36.6 Å². The van der Waals surface area contributed by atoms with Gasteiger partial charge in [0.25, 0.3) is 5.79 Å². The molecule has 0 aliphatic carbocycles. The van der Waals surface area contributed by atoms with Gasteiger partial charge in [-0.15, -0.1) is 0 Å². The van der Waals surface area contributed by atoms with Crippen molar-refractivity contribution in [1.29, 1.82) is 0 Å². The van der Waals surface area contributed by atoms with Crippen molar-refractivity contribution in [3.8, 4) is 0 Å². The van der Waals surface area contributed by atoms with Gasteiger partial charge in [0, 0.05) is 19.8 Å². The van der Waals surface area contributed by atoms with Gasteiger partial charge in [0.05, 0.1) is 50.7 Å². The number of ether oxygens (including phenoxy) is 6. The monoisotopic (exact) mass is 1290 g/mol. The lowest BCUT2D eigenvalue weighted by Crippen LogP contribution is -2.70. The van der Waals surface area contributed by atoms with E-state index in [0.29, 0.717) is 12.8 Å². The van der Waals surface area contributed by atoms with Gasteiger partial charge in [-0.3, -0.25) is 9.59 Å². The second kappa shape index (κ2) is 48.0. The van der Waals surface area contributed by atoms with Crippen molar-refractivity contribution in [2.45, 2.75) is 355 Å². The zero-order valence-corrected chi connectivity index (χ0v) is 54.7. The molecular weight excluding hydrogens is 1170 g/mol. The van der Waals surface area contributed by atoms with Crippen molar-refractivity contribution in [1.82, 2.24) is 10.6 Å². The Morgan fingerprint density at radius 1 is 0.578 bits per heavy atom. The smallest absolute Gasteiger partial charge is 0.364 e. The molecule has 0 aromatic rings. The SMILES string of the molecule is CCCCC/C=C\CCCCCCCC(=O)NC(COC1OC(CO)C(OC2OC(CO)C(O)C(OC3(C(=O)O)CC(O)C(NC(C)=O)C(C(O)C(O)CO)O3)C2O)C(O)C1O)C(O)/C=C/CCCCCCCCCCCCCCCCCCCCCCCC. The van der Waals surface area contributed by atoms with E-state index in [1.165, 1.54) is 141 Å². The molecule has 0 radical (unpaired) electrons. The zero-order valence-electron chi connectivity index (χ0n) is 54.7. The largest absolute Gasteiger partial charge is 0.477 e. The number of carboxylic acid groups (broad SMARTS) is 1. The van der Waals surface area contributed by atoms with Gasteiger partial charge in [-0.1, -0.05) is 205 Å². The van der Waals surface area contributed by atoms with Crippen LogP contribution in [0.2, 0.25) is 0 Å². The summed E-state index contributed by atoms with van der Waals surface area (Å²) in [7, 11) is 0. The topological polar surface area (TPSA) is 373 Å². The van der Waals surface area contributed by atoms with Crippen molar-refractivity contribution in [3.63, 3.8) is 0 Å². The molecule has 0 bridgehead atoms. The Kier molecular flexibility index (Phi) is 43.4. The minimum atomic E-state index is -3.08. The first-order chi connectivity index (χ1) is 43.4. The van der Waals surface area contributed by atoms with Gasteiger partial charge in [-0.05, 0) is 44.9 Å². The average Bonchev–Trinajstić information content (AvgIpc) is 0.974. The molecule has 0 aromatic carbocycles. The maximum Gasteiger partial charge on any atom is 0.364 e. The van der Waals surface area contributed by atoms with Crippen molar-refractivity contribution >= 4 is 17.8 Å². The summed E-state index contributed by atoms with van der Waals surface area (Å²) in [6.07, 6.45) is 18.1. The molecule has 18 unspecified atom stereocenters. The summed E-state index contributed by atoms with van der Waals surface area (Å²) in [5.41, 5.74) is 0. The number of allylic oxidation sites excluding steroid dienone is 3. The highest BCUT2D eigenvalue weighted by Gasteiger charge is 2.60. The molecule has 3 heterocycles. The molecule has 3 aliphatic heterocycles. The molecular formula is C67H122N2O21. The normalized spacial score (nSPS) is 28.7. The summed E-state index contributed by atoms with van der Waals surface area (Å²) in [4.78, 5) is 38.5. The third-order valence-electron chi connectivity index (χ3n) is 17.6. The third-order valence-corrected chi connectivity index (χ3v) is 17.6. The highest BCUT2D eigenvalue weighted by Crippen LogP contribution is 2.39. The second-order valence-electron chi connectivity index (χ2n) is 25.4. The number of rotatable bonds is 52. The number of aliphatic hydroxyl groups excluding tert-OH is 11. The van der Waals surface area contributed by atoms with Gasteiger partial charge in [0.1, 0.15) is 67.1 Å². The number of aliphatic carboxylic acids is 1. The van der Waals surface area contributed by atoms with Crippen LogP contribution in [0.25, 0.3) is 0 Å². The van der Waals surface area contributed by atoms with Crippen LogP contribution in [0.15, 0.2) is 24.3 Å². The van der Waals surface area contributed by atoms with Crippen molar-refractivity contribution in [2.75, 3.05) is 26.4 Å². The number of carbonyl (C=O) groups excluding carboxylic acids is 2. The minimum absolute atomic E-state index is 0.190. The molecule has 3 aliphatic rings. The molecule has 23 heteroatoms. The van der Waals surface area contributed by atoms with E-state index in [1.54, 1.807) is 6.08 Å². The molecule has 90 heavy (non-hydrogen) atoms. The molecule has 3 fully saturated rings. The maximum atomic E-state index is 13.4. The lowest BCUT2D eigenvalue weighted by atomic mass is 9.88. The van der Waals surface area contributed by atoms with Crippen LogP contribution in [0.4, 0.5) is 0 Å². The molecule has 18 atom stereocenters. The van der Waals surface area contributed by atoms with Gasteiger partial charge < -0.3 is 100 Å². The van der Waals surface area contributed by atoms with Gasteiger partial charge >= 0.3 is 5.97 Å². The summed E-state index contributed by atoms with van der Waals surface area (Å²) in [6, 6.07) is -2.62. The highest BCUT2D eigenvalue weighted by molar-refractivity contribution is 5.77. The first-order valence-electron chi connectivity index (χ1n) is 34.7. The number of hydrogen-bond acceptors (Lipinski definition) is 20. The van der Waals surface area contributed by atoms with Crippen LogP contribution in [0, 0.1) is 0 Å². The molecule has 14 N–H and O–H groups in total. The summed E-state index contributed by atoms with van der Waals surface area (Å²) in [6.45, 7) is 2.10. The fourth-order valence-corrected chi connectivity index (χ4v) is 12.1. The number of carbonyl (C=O) groups is 3. The van der Waals surface area contributed by atoms with Crippen LogP contribution in [0.3, 0.4) is 0 Å². The number of hydrogen-bond donors (Lipinski definition) is 14. The Bertz CT molecular complexity index is 1920. The zero-order chi connectivity index (χ0) is 66.1. The lowest BCUT2D eigenvalue weighted by molar-refractivity contribution is -0.386. The van der Waals surface area contributed by atoms with E-state index >= 15 is 0 Å².